The highest BCUT2D eigenvalue weighted by molar-refractivity contribution is 5.78. The molecular weight excluding hydrogens is 276 g/mol. The molecule has 1 atom stereocenters. The minimum absolute atomic E-state index is 0.0275. The average molecular weight is 296 g/mol. The second-order valence-electron chi connectivity index (χ2n) is 5.38. The quantitative estimate of drug-likeness (QED) is 0.860. The zero-order valence-electron chi connectivity index (χ0n) is 12.6. The van der Waals surface area contributed by atoms with E-state index in [0.717, 1.165) is 16.7 Å². The van der Waals surface area contributed by atoms with Gasteiger partial charge in [-0.1, -0.05) is 54.6 Å². The summed E-state index contributed by atoms with van der Waals surface area (Å²) in [4.78, 5) is 22.3. The molecule has 0 aliphatic carbocycles. The molecule has 0 fully saturated rings. The summed E-state index contributed by atoms with van der Waals surface area (Å²) in [7, 11) is 0. The third-order valence-corrected chi connectivity index (χ3v) is 3.42. The number of rotatable bonds is 6. The SMILES string of the molecule is CC(=O)C[C@@H](Cc1ccc(-c2ccccc2)cc1)NC(N)=O. The van der Waals surface area contributed by atoms with Crippen molar-refractivity contribution in [3.05, 3.63) is 60.2 Å². The van der Waals surface area contributed by atoms with Crippen molar-refractivity contribution in [3.63, 3.8) is 0 Å². The van der Waals surface area contributed by atoms with Gasteiger partial charge in [0.2, 0.25) is 0 Å². The second-order valence-corrected chi connectivity index (χ2v) is 5.38. The molecule has 3 N–H and O–H groups in total. The van der Waals surface area contributed by atoms with Crippen LogP contribution in [-0.4, -0.2) is 17.9 Å². The van der Waals surface area contributed by atoms with Gasteiger partial charge in [0, 0.05) is 12.5 Å². The molecule has 0 aliphatic rings. The van der Waals surface area contributed by atoms with E-state index in [0.29, 0.717) is 6.42 Å². The number of nitrogens with two attached hydrogens (primary N) is 1. The first kappa shape index (κ1) is 15.8. The number of Topliss-reactive ketones (excluding diaryl/α,β-unsaturated/α-hetero) is 1. The van der Waals surface area contributed by atoms with Crippen LogP contribution >= 0.6 is 0 Å². The van der Waals surface area contributed by atoms with Crippen LogP contribution in [0.5, 0.6) is 0 Å². The third-order valence-electron chi connectivity index (χ3n) is 3.42. The molecule has 2 aromatic rings. The average Bonchev–Trinajstić information content (AvgIpc) is 2.47. The van der Waals surface area contributed by atoms with Gasteiger partial charge in [0.25, 0.3) is 0 Å². The minimum Gasteiger partial charge on any atom is -0.352 e. The van der Waals surface area contributed by atoms with Crippen LogP contribution in [0, 0.1) is 0 Å². The summed E-state index contributed by atoms with van der Waals surface area (Å²) < 4.78 is 0. The molecule has 4 nitrogen and oxygen atoms in total. The lowest BCUT2D eigenvalue weighted by atomic mass is 9.98. The van der Waals surface area contributed by atoms with E-state index in [4.69, 9.17) is 5.73 Å². The molecular formula is C18H20N2O2. The lowest BCUT2D eigenvalue weighted by Gasteiger charge is -2.16. The first-order valence-electron chi connectivity index (χ1n) is 7.24. The monoisotopic (exact) mass is 296 g/mol. The fourth-order valence-corrected chi connectivity index (χ4v) is 2.47. The van der Waals surface area contributed by atoms with E-state index in [-0.39, 0.29) is 18.2 Å². The molecule has 0 radical (unpaired) electrons. The predicted molar refractivity (Wildman–Crippen MR) is 87.4 cm³/mol. The molecule has 22 heavy (non-hydrogen) atoms. The Morgan fingerprint density at radius 2 is 1.59 bits per heavy atom. The fourth-order valence-electron chi connectivity index (χ4n) is 2.47. The fraction of sp³-hybridized carbons (Fsp3) is 0.222. The van der Waals surface area contributed by atoms with Crippen molar-refractivity contribution in [3.8, 4) is 11.1 Å². The summed E-state index contributed by atoms with van der Waals surface area (Å²) in [6, 6.07) is 17.3. The number of hydrogen-bond donors (Lipinski definition) is 2. The Morgan fingerprint density at radius 1 is 1.00 bits per heavy atom. The maximum atomic E-state index is 11.3. The zero-order chi connectivity index (χ0) is 15.9. The van der Waals surface area contributed by atoms with E-state index < -0.39 is 6.03 Å². The highest BCUT2D eigenvalue weighted by Gasteiger charge is 2.13. The molecule has 0 spiro atoms. The Balaban J connectivity index is 2.08. The standard InChI is InChI=1S/C18H20N2O2/c1-13(21)11-17(20-18(19)22)12-14-7-9-16(10-8-14)15-5-3-2-4-6-15/h2-10,17H,11-12H2,1H3,(H3,19,20,22)/t17-/m0/s1. The summed E-state index contributed by atoms with van der Waals surface area (Å²) in [5.41, 5.74) is 8.51. The van der Waals surface area contributed by atoms with Gasteiger partial charge in [0.1, 0.15) is 5.78 Å². The van der Waals surface area contributed by atoms with Gasteiger partial charge >= 0.3 is 6.03 Å². The van der Waals surface area contributed by atoms with Crippen LogP contribution in [0.4, 0.5) is 4.79 Å². The van der Waals surface area contributed by atoms with Crippen molar-refractivity contribution in [1.29, 1.82) is 0 Å². The number of carbonyl (C=O) groups excluding carboxylic acids is 2. The highest BCUT2D eigenvalue weighted by atomic mass is 16.2. The lowest BCUT2D eigenvalue weighted by Crippen LogP contribution is -2.40. The molecule has 114 valence electrons. The summed E-state index contributed by atoms with van der Waals surface area (Å²) in [6.07, 6.45) is 0.862. The van der Waals surface area contributed by atoms with Gasteiger partial charge in [0.05, 0.1) is 0 Å². The number of primary amides is 1. The molecule has 2 rings (SSSR count). The number of ketones is 1. The normalized spacial score (nSPS) is 11.7. The number of carbonyl (C=O) groups is 2. The van der Waals surface area contributed by atoms with E-state index in [1.807, 2.05) is 42.5 Å². The van der Waals surface area contributed by atoms with Crippen molar-refractivity contribution in [2.75, 3.05) is 0 Å². The van der Waals surface area contributed by atoms with Crippen LogP contribution in [0.3, 0.4) is 0 Å². The molecule has 2 aromatic carbocycles. The number of urea groups is 1. The van der Waals surface area contributed by atoms with E-state index in [1.54, 1.807) is 0 Å². The first-order valence-corrected chi connectivity index (χ1v) is 7.24. The Labute approximate surface area is 130 Å². The van der Waals surface area contributed by atoms with Gasteiger partial charge < -0.3 is 11.1 Å². The second kappa shape index (κ2) is 7.41. The van der Waals surface area contributed by atoms with Crippen LogP contribution in [-0.2, 0) is 11.2 Å². The van der Waals surface area contributed by atoms with Crippen LogP contribution < -0.4 is 11.1 Å². The van der Waals surface area contributed by atoms with E-state index in [9.17, 15) is 9.59 Å². The largest absolute Gasteiger partial charge is 0.352 e. The van der Waals surface area contributed by atoms with Crippen molar-refractivity contribution in [2.24, 2.45) is 5.73 Å². The number of benzene rings is 2. The van der Waals surface area contributed by atoms with Crippen molar-refractivity contribution < 1.29 is 9.59 Å². The summed E-state index contributed by atoms with van der Waals surface area (Å²) in [5, 5.41) is 2.62. The van der Waals surface area contributed by atoms with Gasteiger partial charge in [0.15, 0.2) is 0 Å². The first-order chi connectivity index (χ1) is 10.5. The number of hydrogen-bond acceptors (Lipinski definition) is 2. The van der Waals surface area contributed by atoms with Gasteiger partial charge in [-0.2, -0.15) is 0 Å². The molecule has 0 heterocycles. The molecule has 0 saturated heterocycles. The maximum Gasteiger partial charge on any atom is 0.312 e. The molecule has 0 aliphatic heterocycles. The van der Waals surface area contributed by atoms with Crippen molar-refractivity contribution in [1.82, 2.24) is 5.32 Å². The predicted octanol–water partition coefficient (Wildman–Crippen LogP) is 2.91. The maximum absolute atomic E-state index is 11.3. The van der Waals surface area contributed by atoms with Gasteiger partial charge in [-0.25, -0.2) is 4.79 Å². The number of nitrogens with one attached hydrogen (secondary N) is 1. The topological polar surface area (TPSA) is 72.2 Å². The molecule has 0 saturated carbocycles. The Hall–Kier alpha value is -2.62. The summed E-state index contributed by atoms with van der Waals surface area (Å²) in [5.74, 6) is 0.0275. The lowest BCUT2D eigenvalue weighted by molar-refractivity contribution is -0.117. The van der Waals surface area contributed by atoms with Crippen LogP contribution in [0.25, 0.3) is 11.1 Å². The highest BCUT2D eigenvalue weighted by Crippen LogP contribution is 2.20. The van der Waals surface area contributed by atoms with Crippen LogP contribution in [0.15, 0.2) is 54.6 Å². The van der Waals surface area contributed by atoms with Gasteiger partial charge in [-0.05, 0) is 30.0 Å². The minimum atomic E-state index is -0.604. The van der Waals surface area contributed by atoms with Crippen LogP contribution in [0.2, 0.25) is 0 Å². The van der Waals surface area contributed by atoms with Crippen molar-refractivity contribution in [2.45, 2.75) is 25.8 Å². The Bertz CT molecular complexity index is 620. The van der Waals surface area contributed by atoms with E-state index >= 15 is 0 Å². The molecule has 0 aromatic heterocycles. The summed E-state index contributed by atoms with van der Waals surface area (Å²) in [6.45, 7) is 1.51. The molecule has 0 bridgehead atoms. The van der Waals surface area contributed by atoms with E-state index in [1.165, 1.54) is 6.92 Å². The van der Waals surface area contributed by atoms with Gasteiger partial charge in [-0.3, -0.25) is 4.79 Å². The Kier molecular flexibility index (Phi) is 5.31. The van der Waals surface area contributed by atoms with Gasteiger partial charge in [-0.15, -0.1) is 0 Å². The van der Waals surface area contributed by atoms with Crippen molar-refractivity contribution >= 4 is 11.8 Å². The molecule has 2 amide bonds. The zero-order valence-corrected chi connectivity index (χ0v) is 12.6. The molecule has 4 heteroatoms. The molecule has 0 unspecified atom stereocenters. The van der Waals surface area contributed by atoms with E-state index in [2.05, 4.69) is 17.4 Å². The van der Waals surface area contributed by atoms with Crippen LogP contribution in [0.1, 0.15) is 18.9 Å². The number of amides is 2. The smallest absolute Gasteiger partial charge is 0.312 e. The third kappa shape index (κ3) is 4.74. The summed E-state index contributed by atoms with van der Waals surface area (Å²) >= 11 is 0. The Morgan fingerprint density at radius 3 is 2.14 bits per heavy atom.